The molecule has 0 bridgehead atoms. The highest BCUT2D eigenvalue weighted by atomic mass is 16.5. The van der Waals surface area contributed by atoms with Crippen molar-refractivity contribution >= 4 is 11.9 Å². The second-order valence-corrected chi connectivity index (χ2v) is 19.3. The molecule has 2 atom stereocenters. The number of unbranched alkanes of at least 4 members (excludes halogenated alkanes) is 41. The Kier molecular flexibility index (Phi) is 51.0. The summed E-state index contributed by atoms with van der Waals surface area (Å²) in [4.78, 5) is 24.5. The zero-order chi connectivity index (χ0) is 45.1. The molecular weight excluding hydrogens is 767 g/mol. The average Bonchev–Trinajstić information content (AvgIpc) is 3.27. The Hall–Kier alpha value is -1.40. The molecule has 0 saturated carbocycles. The number of allylic oxidation sites excluding steroid dienone is 1. The van der Waals surface area contributed by atoms with Gasteiger partial charge >= 0.3 is 5.97 Å². The summed E-state index contributed by atoms with van der Waals surface area (Å²) in [6, 6.07) is -0.639. The number of nitrogens with one attached hydrogen (secondary N) is 1. The van der Waals surface area contributed by atoms with Crippen LogP contribution in [0.4, 0.5) is 0 Å². The Morgan fingerprint density at radius 1 is 0.435 bits per heavy atom. The minimum atomic E-state index is -0.854. The molecular formula is C56H109NO5. The molecule has 0 aromatic heterocycles. The van der Waals surface area contributed by atoms with Crippen molar-refractivity contribution < 1.29 is 24.5 Å². The standard InChI is InChI=1S/C56H109NO5/c1-3-5-7-9-11-13-15-17-19-20-21-22-23-24-28-32-36-40-44-48-54(59)53(52-58)57-55(60)49-45-41-37-33-29-26-27-31-35-39-43-47-51-62-56(61)50-46-42-38-34-30-25-18-16-14-12-10-8-6-4-2/h44,48,53-54,58-59H,3-43,45-47,49-52H2,1-2H3,(H,57,60)/b48-44+. The summed E-state index contributed by atoms with van der Waals surface area (Å²) in [7, 11) is 0. The van der Waals surface area contributed by atoms with Crippen molar-refractivity contribution in [3.05, 3.63) is 12.2 Å². The highest BCUT2D eigenvalue weighted by Crippen LogP contribution is 2.17. The second kappa shape index (κ2) is 52.2. The average molecular weight is 876 g/mol. The molecule has 0 spiro atoms. The molecule has 6 nitrogen and oxygen atoms in total. The topological polar surface area (TPSA) is 95.9 Å². The molecule has 6 heteroatoms. The monoisotopic (exact) mass is 876 g/mol. The van der Waals surface area contributed by atoms with Crippen LogP contribution < -0.4 is 5.32 Å². The summed E-state index contributed by atoms with van der Waals surface area (Å²) in [6.07, 6.45) is 60.7. The number of aliphatic hydroxyl groups excluding tert-OH is 2. The first-order valence-corrected chi connectivity index (χ1v) is 28.0. The van der Waals surface area contributed by atoms with Crippen LogP contribution in [0.3, 0.4) is 0 Å². The van der Waals surface area contributed by atoms with Gasteiger partial charge in [-0.05, 0) is 32.1 Å². The maximum Gasteiger partial charge on any atom is 0.305 e. The molecule has 0 rings (SSSR count). The number of aliphatic hydroxyl groups is 2. The van der Waals surface area contributed by atoms with Gasteiger partial charge in [-0.2, -0.15) is 0 Å². The zero-order valence-corrected chi connectivity index (χ0v) is 41.9. The second-order valence-electron chi connectivity index (χ2n) is 19.3. The van der Waals surface area contributed by atoms with Gasteiger partial charge in [-0.15, -0.1) is 0 Å². The highest BCUT2D eigenvalue weighted by molar-refractivity contribution is 5.76. The maximum atomic E-state index is 12.5. The first kappa shape index (κ1) is 60.6. The van der Waals surface area contributed by atoms with Crippen LogP contribution in [-0.4, -0.2) is 47.4 Å². The number of rotatable bonds is 52. The summed E-state index contributed by atoms with van der Waals surface area (Å²) in [5.74, 6) is -0.0884. The summed E-state index contributed by atoms with van der Waals surface area (Å²) < 4.78 is 5.47. The molecule has 0 aliphatic heterocycles. The molecule has 0 aromatic rings. The van der Waals surface area contributed by atoms with Gasteiger partial charge in [0.15, 0.2) is 0 Å². The van der Waals surface area contributed by atoms with Gasteiger partial charge in [0.05, 0.1) is 25.4 Å². The lowest BCUT2D eigenvalue weighted by molar-refractivity contribution is -0.143. The van der Waals surface area contributed by atoms with Gasteiger partial charge in [-0.1, -0.05) is 276 Å². The van der Waals surface area contributed by atoms with Gasteiger partial charge in [0, 0.05) is 12.8 Å². The van der Waals surface area contributed by atoms with E-state index in [0.717, 1.165) is 57.8 Å². The van der Waals surface area contributed by atoms with E-state index in [1.807, 2.05) is 6.08 Å². The van der Waals surface area contributed by atoms with Gasteiger partial charge in [0.25, 0.3) is 0 Å². The molecule has 0 aromatic carbocycles. The largest absolute Gasteiger partial charge is 0.466 e. The number of esters is 1. The predicted octanol–water partition coefficient (Wildman–Crippen LogP) is 16.9. The van der Waals surface area contributed by atoms with Gasteiger partial charge in [-0.3, -0.25) is 9.59 Å². The number of amides is 1. The van der Waals surface area contributed by atoms with Crippen molar-refractivity contribution in [1.82, 2.24) is 5.32 Å². The van der Waals surface area contributed by atoms with Crippen molar-refractivity contribution in [1.29, 1.82) is 0 Å². The van der Waals surface area contributed by atoms with E-state index in [0.29, 0.717) is 19.4 Å². The molecule has 0 heterocycles. The van der Waals surface area contributed by atoms with Crippen molar-refractivity contribution in [2.75, 3.05) is 13.2 Å². The Balaban J connectivity index is 3.48. The van der Waals surface area contributed by atoms with Crippen molar-refractivity contribution in [2.45, 2.75) is 321 Å². The van der Waals surface area contributed by atoms with Crippen LogP contribution in [0.15, 0.2) is 12.2 Å². The lowest BCUT2D eigenvalue weighted by Crippen LogP contribution is -2.45. The van der Waals surface area contributed by atoms with E-state index >= 15 is 0 Å². The molecule has 0 radical (unpaired) electrons. The SMILES string of the molecule is CCCCCCCCCCCCCCCCCCC/C=C/C(O)C(CO)NC(=O)CCCCCCCCCCCCCCOC(=O)CCCCCCCCCCCCCCCC. The van der Waals surface area contributed by atoms with Crippen LogP contribution in [0.1, 0.15) is 309 Å². The molecule has 3 N–H and O–H groups in total. The minimum Gasteiger partial charge on any atom is -0.466 e. The van der Waals surface area contributed by atoms with E-state index in [1.54, 1.807) is 6.08 Å². The van der Waals surface area contributed by atoms with Crippen LogP contribution in [0.2, 0.25) is 0 Å². The smallest absolute Gasteiger partial charge is 0.305 e. The Bertz CT molecular complexity index is 924. The summed E-state index contributed by atoms with van der Waals surface area (Å²) in [6.45, 7) is 4.89. The number of ether oxygens (including phenoxy) is 1. The van der Waals surface area contributed by atoms with Gasteiger partial charge in [-0.25, -0.2) is 0 Å². The third-order valence-electron chi connectivity index (χ3n) is 13.1. The predicted molar refractivity (Wildman–Crippen MR) is 269 cm³/mol. The van der Waals surface area contributed by atoms with Crippen LogP contribution in [0, 0.1) is 0 Å². The molecule has 0 fully saturated rings. The maximum absolute atomic E-state index is 12.5. The summed E-state index contributed by atoms with van der Waals surface area (Å²) in [5, 5.41) is 23.1. The molecule has 0 aliphatic rings. The van der Waals surface area contributed by atoms with Crippen LogP contribution >= 0.6 is 0 Å². The van der Waals surface area contributed by atoms with E-state index in [1.165, 1.54) is 225 Å². The summed E-state index contributed by atoms with van der Waals surface area (Å²) >= 11 is 0. The van der Waals surface area contributed by atoms with Crippen LogP contribution in [0.5, 0.6) is 0 Å². The van der Waals surface area contributed by atoms with Crippen LogP contribution in [0.25, 0.3) is 0 Å². The number of carbonyl (C=O) groups is 2. The van der Waals surface area contributed by atoms with Gasteiger partial charge < -0.3 is 20.3 Å². The fraction of sp³-hybridized carbons (Fsp3) is 0.929. The fourth-order valence-corrected chi connectivity index (χ4v) is 8.75. The van der Waals surface area contributed by atoms with Gasteiger partial charge in [0.1, 0.15) is 0 Å². The normalized spacial score (nSPS) is 12.6. The quantitative estimate of drug-likeness (QED) is 0.0321. The Labute approximate surface area is 387 Å². The third-order valence-corrected chi connectivity index (χ3v) is 13.1. The number of carbonyl (C=O) groups excluding carboxylic acids is 2. The first-order valence-electron chi connectivity index (χ1n) is 28.0. The third kappa shape index (κ3) is 48.1. The van der Waals surface area contributed by atoms with Crippen molar-refractivity contribution in [2.24, 2.45) is 0 Å². The minimum absolute atomic E-state index is 0.00790. The fourth-order valence-electron chi connectivity index (χ4n) is 8.75. The van der Waals surface area contributed by atoms with E-state index in [2.05, 4.69) is 19.2 Å². The molecule has 368 valence electrons. The van der Waals surface area contributed by atoms with Gasteiger partial charge in [0.2, 0.25) is 5.91 Å². The zero-order valence-electron chi connectivity index (χ0n) is 41.9. The van der Waals surface area contributed by atoms with E-state index in [9.17, 15) is 19.8 Å². The molecule has 0 aliphatic carbocycles. The molecule has 62 heavy (non-hydrogen) atoms. The van der Waals surface area contributed by atoms with Crippen molar-refractivity contribution in [3.8, 4) is 0 Å². The molecule has 2 unspecified atom stereocenters. The lowest BCUT2D eigenvalue weighted by atomic mass is 10.0. The first-order chi connectivity index (χ1) is 30.5. The highest BCUT2D eigenvalue weighted by Gasteiger charge is 2.18. The number of hydrogen-bond acceptors (Lipinski definition) is 5. The van der Waals surface area contributed by atoms with E-state index < -0.39 is 12.1 Å². The molecule has 0 saturated heterocycles. The summed E-state index contributed by atoms with van der Waals surface area (Å²) in [5.41, 5.74) is 0. The van der Waals surface area contributed by atoms with Crippen molar-refractivity contribution in [3.63, 3.8) is 0 Å². The van der Waals surface area contributed by atoms with E-state index in [4.69, 9.17) is 4.74 Å². The Morgan fingerprint density at radius 3 is 1.10 bits per heavy atom. The number of hydrogen-bond donors (Lipinski definition) is 3. The molecule has 1 amide bonds. The van der Waals surface area contributed by atoms with E-state index in [-0.39, 0.29) is 18.5 Å². The lowest BCUT2D eigenvalue weighted by Gasteiger charge is -2.20. The Morgan fingerprint density at radius 2 is 0.742 bits per heavy atom. The van der Waals surface area contributed by atoms with Crippen LogP contribution in [-0.2, 0) is 14.3 Å².